The highest BCUT2D eigenvalue weighted by atomic mass is 16.1. The van der Waals surface area contributed by atoms with Crippen LogP contribution in [0.15, 0.2) is 12.2 Å². The van der Waals surface area contributed by atoms with Crippen molar-refractivity contribution in [2.24, 2.45) is 17.6 Å². The summed E-state index contributed by atoms with van der Waals surface area (Å²) in [7, 11) is 0. The molecule has 2 atom stereocenters. The van der Waals surface area contributed by atoms with Crippen LogP contribution in [-0.2, 0) is 4.79 Å². The van der Waals surface area contributed by atoms with Crippen LogP contribution < -0.4 is 5.73 Å². The lowest BCUT2D eigenvalue weighted by molar-refractivity contribution is -0.119. The molecule has 1 saturated carbocycles. The van der Waals surface area contributed by atoms with Crippen LogP contribution in [0.5, 0.6) is 0 Å². The normalized spacial score (nSPS) is 33.0. The minimum atomic E-state index is -0.155. The van der Waals surface area contributed by atoms with E-state index < -0.39 is 0 Å². The zero-order valence-electron chi connectivity index (χ0n) is 5.50. The van der Waals surface area contributed by atoms with Crippen molar-refractivity contribution in [1.29, 1.82) is 0 Å². The molecule has 0 bridgehead atoms. The molecule has 2 heteroatoms. The van der Waals surface area contributed by atoms with E-state index in [4.69, 9.17) is 5.73 Å². The Morgan fingerprint density at radius 1 is 1.78 bits per heavy atom. The van der Waals surface area contributed by atoms with Gasteiger partial charge in [0.2, 0.25) is 5.91 Å². The number of hydrogen-bond donors (Lipinski definition) is 1. The van der Waals surface area contributed by atoms with Crippen LogP contribution in [0.2, 0.25) is 0 Å². The van der Waals surface area contributed by atoms with Crippen LogP contribution >= 0.6 is 0 Å². The number of hydrogen-bond acceptors (Lipinski definition) is 1. The van der Waals surface area contributed by atoms with Crippen molar-refractivity contribution in [1.82, 2.24) is 0 Å². The summed E-state index contributed by atoms with van der Waals surface area (Å²) in [4.78, 5) is 10.4. The lowest BCUT2D eigenvalue weighted by Gasteiger charge is -1.84. The Labute approximate surface area is 54.7 Å². The maximum Gasteiger partial charge on any atom is 0.221 e. The van der Waals surface area contributed by atoms with E-state index >= 15 is 0 Å². The van der Waals surface area contributed by atoms with Crippen molar-refractivity contribution in [2.45, 2.75) is 13.3 Å². The second-order valence-electron chi connectivity index (χ2n) is 2.43. The Morgan fingerprint density at radius 3 is 2.78 bits per heavy atom. The van der Waals surface area contributed by atoms with Crippen LogP contribution in [0.4, 0.5) is 0 Å². The summed E-state index contributed by atoms with van der Waals surface area (Å²) >= 11 is 0. The third-order valence-electron chi connectivity index (χ3n) is 1.64. The number of rotatable bonds is 2. The number of allylic oxidation sites excluding steroid dienone is 2. The standard InChI is InChI=1S/C7H11NO/c1-2-3-5-4-6(5)7(8)9/h2-3,5-6H,4H2,1H3,(H2,8,9). The summed E-state index contributed by atoms with van der Waals surface area (Å²) in [6.07, 6.45) is 4.96. The van der Waals surface area contributed by atoms with Gasteiger partial charge in [-0.05, 0) is 19.3 Å². The highest BCUT2D eigenvalue weighted by molar-refractivity contribution is 5.80. The highest BCUT2D eigenvalue weighted by Crippen LogP contribution is 2.38. The molecule has 0 aromatic heterocycles. The molecular weight excluding hydrogens is 114 g/mol. The summed E-state index contributed by atoms with van der Waals surface area (Å²) in [5.74, 6) is 0.437. The van der Waals surface area contributed by atoms with Gasteiger partial charge in [0.1, 0.15) is 0 Å². The summed E-state index contributed by atoms with van der Waals surface area (Å²) < 4.78 is 0. The SMILES string of the molecule is CC=CC1CC1C(N)=O. The number of carbonyl (C=O) groups excluding carboxylic acids is 1. The average molecular weight is 125 g/mol. The fourth-order valence-corrected chi connectivity index (χ4v) is 1.00. The molecule has 0 aromatic rings. The first kappa shape index (κ1) is 6.33. The Balaban J connectivity index is 2.33. The van der Waals surface area contributed by atoms with E-state index in [0.29, 0.717) is 5.92 Å². The molecule has 1 aliphatic carbocycles. The molecule has 9 heavy (non-hydrogen) atoms. The van der Waals surface area contributed by atoms with Gasteiger partial charge in [0.05, 0.1) is 0 Å². The average Bonchev–Trinajstić information content (AvgIpc) is 2.47. The first-order valence-electron chi connectivity index (χ1n) is 3.18. The highest BCUT2D eigenvalue weighted by Gasteiger charge is 2.39. The Kier molecular flexibility index (Phi) is 1.56. The zero-order valence-corrected chi connectivity index (χ0v) is 5.50. The van der Waals surface area contributed by atoms with Gasteiger partial charge < -0.3 is 5.73 Å². The van der Waals surface area contributed by atoms with Crippen molar-refractivity contribution >= 4 is 5.91 Å². The molecular formula is C7H11NO. The first-order chi connectivity index (χ1) is 4.25. The summed E-state index contributed by atoms with van der Waals surface area (Å²) in [6, 6.07) is 0. The predicted octanol–water partition coefficient (Wildman–Crippen LogP) is 0.684. The van der Waals surface area contributed by atoms with E-state index in [0.717, 1.165) is 6.42 Å². The molecule has 0 saturated heterocycles. The minimum Gasteiger partial charge on any atom is -0.369 e. The van der Waals surface area contributed by atoms with E-state index in [1.807, 2.05) is 19.1 Å². The van der Waals surface area contributed by atoms with Crippen LogP contribution in [0.3, 0.4) is 0 Å². The first-order valence-corrected chi connectivity index (χ1v) is 3.18. The fourth-order valence-electron chi connectivity index (χ4n) is 1.00. The second kappa shape index (κ2) is 2.21. The van der Waals surface area contributed by atoms with Gasteiger partial charge in [-0.15, -0.1) is 0 Å². The van der Waals surface area contributed by atoms with Crippen molar-refractivity contribution in [3.05, 3.63) is 12.2 Å². The Morgan fingerprint density at radius 2 is 2.44 bits per heavy atom. The van der Waals surface area contributed by atoms with E-state index in [-0.39, 0.29) is 11.8 Å². The zero-order chi connectivity index (χ0) is 6.85. The second-order valence-corrected chi connectivity index (χ2v) is 2.43. The fraction of sp³-hybridized carbons (Fsp3) is 0.571. The molecule has 1 fully saturated rings. The molecule has 0 heterocycles. The van der Waals surface area contributed by atoms with Gasteiger partial charge in [0.25, 0.3) is 0 Å². The Bertz CT molecular complexity index is 151. The molecule has 0 aromatic carbocycles. The van der Waals surface area contributed by atoms with Gasteiger partial charge in [-0.2, -0.15) is 0 Å². The summed E-state index contributed by atoms with van der Waals surface area (Å²) in [5.41, 5.74) is 5.05. The third kappa shape index (κ3) is 1.31. The molecule has 2 N–H and O–H groups in total. The summed E-state index contributed by atoms with van der Waals surface area (Å²) in [5, 5.41) is 0. The van der Waals surface area contributed by atoms with Crippen molar-refractivity contribution in [3.8, 4) is 0 Å². The van der Waals surface area contributed by atoms with Gasteiger partial charge in [-0.3, -0.25) is 4.79 Å². The maximum absolute atomic E-state index is 10.4. The van der Waals surface area contributed by atoms with Gasteiger partial charge in [0, 0.05) is 5.92 Å². The predicted molar refractivity (Wildman–Crippen MR) is 35.6 cm³/mol. The van der Waals surface area contributed by atoms with Crippen LogP contribution in [0.1, 0.15) is 13.3 Å². The third-order valence-corrected chi connectivity index (χ3v) is 1.64. The van der Waals surface area contributed by atoms with E-state index in [2.05, 4.69) is 0 Å². The van der Waals surface area contributed by atoms with E-state index in [1.54, 1.807) is 0 Å². The minimum absolute atomic E-state index is 0.140. The molecule has 2 unspecified atom stereocenters. The molecule has 2 nitrogen and oxygen atoms in total. The topological polar surface area (TPSA) is 43.1 Å². The largest absolute Gasteiger partial charge is 0.369 e. The van der Waals surface area contributed by atoms with Gasteiger partial charge in [0.15, 0.2) is 0 Å². The summed E-state index contributed by atoms with van der Waals surface area (Å²) in [6.45, 7) is 1.95. The van der Waals surface area contributed by atoms with E-state index in [9.17, 15) is 4.79 Å². The van der Waals surface area contributed by atoms with Crippen molar-refractivity contribution in [2.75, 3.05) is 0 Å². The smallest absolute Gasteiger partial charge is 0.221 e. The molecule has 0 spiro atoms. The lowest BCUT2D eigenvalue weighted by atomic mass is 10.3. The van der Waals surface area contributed by atoms with Crippen molar-refractivity contribution in [3.63, 3.8) is 0 Å². The Hall–Kier alpha value is -0.790. The molecule has 1 rings (SSSR count). The molecule has 0 radical (unpaired) electrons. The van der Waals surface area contributed by atoms with Crippen LogP contribution in [0, 0.1) is 11.8 Å². The molecule has 1 amide bonds. The number of nitrogens with two attached hydrogens (primary N) is 1. The molecule has 1 aliphatic rings. The number of amides is 1. The quantitative estimate of drug-likeness (QED) is 0.542. The maximum atomic E-state index is 10.4. The van der Waals surface area contributed by atoms with E-state index in [1.165, 1.54) is 0 Å². The van der Waals surface area contributed by atoms with Crippen LogP contribution in [-0.4, -0.2) is 5.91 Å². The molecule has 0 aliphatic heterocycles. The lowest BCUT2D eigenvalue weighted by Crippen LogP contribution is -2.13. The van der Waals surface area contributed by atoms with Gasteiger partial charge >= 0.3 is 0 Å². The molecule has 50 valence electrons. The van der Waals surface area contributed by atoms with Crippen molar-refractivity contribution < 1.29 is 4.79 Å². The van der Waals surface area contributed by atoms with Gasteiger partial charge in [-0.1, -0.05) is 12.2 Å². The number of carbonyl (C=O) groups is 1. The van der Waals surface area contributed by atoms with Gasteiger partial charge in [-0.25, -0.2) is 0 Å². The monoisotopic (exact) mass is 125 g/mol. The van der Waals surface area contributed by atoms with Crippen LogP contribution in [0.25, 0.3) is 0 Å². The number of primary amides is 1.